The smallest absolute Gasteiger partial charge is 0.274 e. The van der Waals surface area contributed by atoms with Gasteiger partial charge in [0.2, 0.25) is 5.91 Å². The molecule has 1 heterocycles. The third-order valence-electron chi connectivity index (χ3n) is 6.94. The van der Waals surface area contributed by atoms with Crippen LogP contribution in [0.3, 0.4) is 0 Å². The molecule has 234 valence electrons. The van der Waals surface area contributed by atoms with E-state index in [1.54, 1.807) is 30.0 Å². The fourth-order valence-corrected chi connectivity index (χ4v) is 5.39. The molecule has 2 N–H and O–H groups in total. The minimum Gasteiger partial charge on any atom is -0.366 e. The van der Waals surface area contributed by atoms with Gasteiger partial charge in [-0.15, -0.1) is 11.8 Å². The van der Waals surface area contributed by atoms with E-state index in [0.29, 0.717) is 28.4 Å². The molecule has 0 aromatic heterocycles. The summed E-state index contributed by atoms with van der Waals surface area (Å²) >= 11 is 1.80. The summed E-state index contributed by atoms with van der Waals surface area (Å²) in [4.78, 5) is 33.6. The van der Waals surface area contributed by atoms with Crippen LogP contribution in [0.25, 0.3) is 0 Å². The molecule has 1 aromatic rings. The van der Waals surface area contributed by atoms with Gasteiger partial charge in [-0.2, -0.15) is 0 Å². The summed E-state index contributed by atoms with van der Waals surface area (Å²) in [6, 6.07) is 7.10. The molecular weight excluding hydrogens is 538 g/mol. The van der Waals surface area contributed by atoms with E-state index in [-0.39, 0.29) is 17.4 Å². The van der Waals surface area contributed by atoms with Crippen molar-refractivity contribution in [3.63, 3.8) is 0 Å². The summed E-state index contributed by atoms with van der Waals surface area (Å²) in [6.45, 7) is 28.0. The Labute approximate surface area is 261 Å². The van der Waals surface area contributed by atoms with Crippen LogP contribution in [0.4, 0.5) is 0 Å². The Morgan fingerprint density at radius 2 is 1.67 bits per heavy atom. The number of hydrogen-bond donors (Lipinski definition) is 1. The van der Waals surface area contributed by atoms with Crippen LogP contribution in [0.15, 0.2) is 64.5 Å². The topological polar surface area (TPSA) is 75.8 Å². The second-order valence-electron chi connectivity index (χ2n) is 13.6. The van der Waals surface area contributed by atoms with E-state index in [1.165, 1.54) is 4.91 Å². The normalized spacial score (nSPS) is 17.1. The number of rotatable bonds is 14. The molecule has 0 spiro atoms. The molecule has 0 radical (unpaired) electrons. The summed E-state index contributed by atoms with van der Waals surface area (Å²) in [7, 11) is 0. The summed E-state index contributed by atoms with van der Waals surface area (Å²) in [6.07, 6.45) is 10.1. The molecule has 2 amide bonds. The maximum absolute atomic E-state index is 14.0. The van der Waals surface area contributed by atoms with E-state index < -0.39 is 12.1 Å². The van der Waals surface area contributed by atoms with Crippen molar-refractivity contribution in [3.05, 3.63) is 70.7 Å². The lowest BCUT2D eigenvalue weighted by atomic mass is 9.82. The Hall–Kier alpha value is -2.60. The molecule has 0 saturated carbocycles. The van der Waals surface area contributed by atoms with Crippen molar-refractivity contribution in [1.29, 1.82) is 0 Å². The quantitative estimate of drug-likeness (QED) is 0.172. The van der Waals surface area contributed by atoms with Gasteiger partial charge in [-0.25, -0.2) is 0 Å². The average Bonchev–Trinajstić information content (AvgIpc) is 3.22. The highest BCUT2D eigenvalue weighted by Crippen LogP contribution is 2.38. The van der Waals surface area contributed by atoms with E-state index in [0.717, 1.165) is 36.8 Å². The third-order valence-corrected chi connectivity index (χ3v) is 7.97. The number of aliphatic imine (C=N–C) groups is 1. The molecule has 2 atom stereocenters. The van der Waals surface area contributed by atoms with Gasteiger partial charge in [0.25, 0.3) is 5.91 Å². The number of nitrogens with zero attached hydrogens (tertiary/aromatic N) is 2. The zero-order chi connectivity index (χ0) is 32.3. The number of hydrogen-bond acceptors (Lipinski definition) is 4. The summed E-state index contributed by atoms with van der Waals surface area (Å²) in [5.41, 5.74) is 9.01. The van der Waals surface area contributed by atoms with Crippen LogP contribution in [0.2, 0.25) is 0 Å². The highest BCUT2D eigenvalue weighted by atomic mass is 32.2. The van der Waals surface area contributed by atoms with Crippen LogP contribution in [0.1, 0.15) is 130 Å². The zero-order valence-electron chi connectivity index (χ0n) is 28.2. The summed E-state index contributed by atoms with van der Waals surface area (Å²) in [5, 5.41) is 0.445. The second kappa shape index (κ2) is 16.9. The minimum absolute atomic E-state index is 0.0679. The van der Waals surface area contributed by atoms with Gasteiger partial charge in [0.15, 0.2) is 0 Å². The fraction of sp³-hybridized carbons (Fsp3) is 0.583. The number of thioether (sulfide) groups is 1. The van der Waals surface area contributed by atoms with E-state index in [2.05, 4.69) is 94.9 Å². The first-order valence-corrected chi connectivity index (χ1v) is 16.4. The molecule has 1 aliphatic rings. The molecule has 0 bridgehead atoms. The number of allylic oxidation sites excluding steroid dienone is 2. The molecule has 1 aromatic carbocycles. The van der Waals surface area contributed by atoms with Crippen LogP contribution in [-0.2, 0) is 4.79 Å². The molecule has 1 aliphatic heterocycles. The summed E-state index contributed by atoms with van der Waals surface area (Å²) < 4.78 is 0. The Morgan fingerprint density at radius 3 is 2.10 bits per heavy atom. The number of nitrogens with two attached hydrogens (primary N) is 1. The molecule has 5 nitrogen and oxygen atoms in total. The Kier molecular flexibility index (Phi) is 15.0. The highest BCUT2D eigenvalue weighted by molar-refractivity contribution is 8.03. The van der Waals surface area contributed by atoms with Crippen molar-refractivity contribution in [1.82, 2.24) is 4.90 Å². The van der Waals surface area contributed by atoms with Gasteiger partial charge in [0.1, 0.15) is 11.9 Å². The first kappa shape index (κ1) is 37.4. The number of primary amides is 1. The number of amides is 2. The average molecular weight is 596 g/mol. The van der Waals surface area contributed by atoms with Gasteiger partial charge in [-0.1, -0.05) is 107 Å². The Balaban J connectivity index is 0.00000162. The van der Waals surface area contributed by atoms with Crippen LogP contribution in [-0.4, -0.2) is 33.8 Å². The largest absolute Gasteiger partial charge is 0.366 e. The number of carbonyl (C=O) groups excluding carboxylic acids is 2. The van der Waals surface area contributed by atoms with Crippen LogP contribution >= 0.6 is 11.8 Å². The van der Waals surface area contributed by atoms with Crippen molar-refractivity contribution < 1.29 is 9.59 Å². The van der Waals surface area contributed by atoms with Crippen molar-refractivity contribution in [2.75, 3.05) is 0 Å². The van der Waals surface area contributed by atoms with Crippen molar-refractivity contribution in [2.45, 2.75) is 126 Å². The predicted molar refractivity (Wildman–Crippen MR) is 184 cm³/mol. The van der Waals surface area contributed by atoms with E-state index >= 15 is 0 Å². The van der Waals surface area contributed by atoms with Crippen molar-refractivity contribution in [2.24, 2.45) is 21.6 Å². The fourth-order valence-electron chi connectivity index (χ4n) is 4.37. The molecule has 42 heavy (non-hydrogen) atoms. The second-order valence-corrected chi connectivity index (χ2v) is 15.3. The molecule has 2 unspecified atom stereocenters. The molecule has 0 aliphatic carbocycles. The number of benzene rings is 1. The first-order chi connectivity index (χ1) is 19.5. The van der Waals surface area contributed by atoms with Gasteiger partial charge in [-0.05, 0) is 71.9 Å². The Morgan fingerprint density at radius 1 is 1.10 bits per heavy atom. The van der Waals surface area contributed by atoms with Gasteiger partial charge in [0.05, 0.1) is 6.04 Å². The molecule has 0 fully saturated rings. The van der Waals surface area contributed by atoms with E-state index in [1.807, 2.05) is 17.0 Å². The molecule has 6 heteroatoms. The summed E-state index contributed by atoms with van der Waals surface area (Å²) in [5.74, 6) is -0.531. The van der Waals surface area contributed by atoms with E-state index in [9.17, 15) is 9.59 Å². The lowest BCUT2D eigenvalue weighted by Gasteiger charge is -2.34. The Bertz CT molecular complexity index is 1130. The maximum atomic E-state index is 14.0. The van der Waals surface area contributed by atoms with Crippen LogP contribution in [0, 0.1) is 10.8 Å². The van der Waals surface area contributed by atoms with Crippen molar-refractivity contribution >= 4 is 29.3 Å². The zero-order valence-corrected chi connectivity index (χ0v) is 29.0. The van der Waals surface area contributed by atoms with Crippen molar-refractivity contribution in [3.8, 4) is 0 Å². The number of carbonyl (C=O) groups is 2. The third kappa shape index (κ3) is 12.3. The maximum Gasteiger partial charge on any atom is 0.274 e. The lowest BCUT2D eigenvalue weighted by Crippen LogP contribution is -2.39. The molecule has 0 saturated heterocycles. The van der Waals surface area contributed by atoms with Crippen LogP contribution < -0.4 is 5.73 Å². The SMILES string of the molecule is C=CC1N=C(/C(=C/C(=C\CC)SC(C)C)CC)C(=O)N1C(CCC(C)(C)CC)c1ccc(C(N)=O)cc1.CC(C)(C)C. The predicted octanol–water partition coefficient (Wildman–Crippen LogP) is 9.66. The van der Waals surface area contributed by atoms with E-state index in [4.69, 9.17) is 10.7 Å². The highest BCUT2D eigenvalue weighted by Gasteiger charge is 2.39. The molecular formula is C36H57N3O2S. The lowest BCUT2D eigenvalue weighted by molar-refractivity contribution is -0.126. The minimum atomic E-state index is -0.463. The van der Waals surface area contributed by atoms with Gasteiger partial charge in [-0.3, -0.25) is 14.6 Å². The molecule has 2 rings (SSSR count). The monoisotopic (exact) mass is 595 g/mol. The van der Waals surface area contributed by atoms with Gasteiger partial charge in [0, 0.05) is 15.7 Å². The van der Waals surface area contributed by atoms with Gasteiger partial charge < -0.3 is 10.6 Å². The van der Waals surface area contributed by atoms with Gasteiger partial charge >= 0.3 is 0 Å². The van der Waals surface area contributed by atoms with Crippen LogP contribution in [0.5, 0.6) is 0 Å². The first-order valence-electron chi connectivity index (χ1n) is 15.5. The standard InChI is InChI=1S/C31H45N3O2S.C5H12/c1-9-13-25(37-21(5)6)20-22(10-2)28-30(36)34(27(11-3)33-28)26(18-19-31(7,8)12-4)23-14-16-24(17-15-23)29(32)35;1-5(2,3)4/h11,13-17,20-21,26-27H,3,9-10,12,18-19H2,1-2,4-8H3,(H2,32,35);1-4H3/b22-20+,25-13+;.